The molecule has 0 saturated heterocycles. The van der Waals surface area contributed by atoms with Crippen LogP contribution in [0.25, 0.3) is 0 Å². The van der Waals surface area contributed by atoms with Gasteiger partial charge in [-0.15, -0.1) is 0 Å². The van der Waals surface area contributed by atoms with Crippen LogP contribution in [0.3, 0.4) is 0 Å². The topological polar surface area (TPSA) is 72.8 Å². The maximum absolute atomic E-state index is 11.6. The van der Waals surface area contributed by atoms with Gasteiger partial charge in [-0.2, -0.15) is 0 Å². The van der Waals surface area contributed by atoms with Crippen molar-refractivity contribution in [2.45, 2.75) is 26.1 Å². The average Bonchev–Trinajstić information content (AvgIpc) is 2.13. The van der Waals surface area contributed by atoms with E-state index in [9.17, 15) is 9.59 Å². The van der Waals surface area contributed by atoms with Gasteiger partial charge in [-0.3, -0.25) is 4.79 Å². The molecular formula is C12H12O5. The molecule has 0 unspecified atom stereocenters. The third kappa shape index (κ3) is 2.38. The van der Waals surface area contributed by atoms with Crippen LogP contribution in [0.2, 0.25) is 0 Å². The molecule has 90 valence electrons. The number of hydrogen-bond donors (Lipinski definition) is 1. The number of esters is 1. The summed E-state index contributed by atoms with van der Waals surface area (Å²) in [7, 11) is 0. The molecule has 17 heavy (non-hydrogen) atoms. The van der Waals surface area contributed by atoms with E-state index in [0.717, 1.165) is 0 Å². The number of hydrogen-bond acceptors (Lipinski definition) is 4. The third-order valence-electron chi connectivity index (χ3n) is 2.32. The fourth-order valence-corrected chi connectivity index (χ4v) is 1.67. The van der Waals surface area contributed by atoms with Crippen LogP contribution in [0.15, 0.2) is 18.2 Å². The summed E-state index contributed by atoms with van der Waals surface area (Å²) in [6, 6.07) is 4.66. The lowest BCUT2D eigenvalue weighted by Gasteiger charge is -2.31. The van der Waals surface area contributed by atoms with E-state index in [1.54, 1.807) is 26.0 Å². The van der Waals surface area contributed by atoms with Crippen molar-refractivity contribution in [2.75, 3.05) is 0 Å². The van der Waals surface area contributed by atoms with Gasteiger partial charge < -0.3 is 14.6 Å². The van der Waals surface area contributed by atoms with Crippen LogP contribution in [0, 0.1) is 0 Å². The molecule has 0 fully saturated rings. The summed E-state index contributed by atoms with van der Waals surface area (Å²) in [5.74, 6) is -2.04. The van der Waals surface area contributed by atoms with Crippen molar-refractivity contribution in [2.24, 2.45) is 0 Å². The summed E-state index contributed by atoms with van der Waals surface area (Å²) in [5, 5.41) is 8.69. The summed E-state index contributed by atoms with van der Waals surface area (Å²) in [6.07, 6.45) is -0.105. The van der Waals surface area contributed by atoms with Gasteiger partial charge in [0.25, 0.3) is 0 Å². The highest BCUT2D eigenvalue weighted by atomic mass is 16.7. The fourth-order valence-electron chi connectivity index (χ4n) is 1.67. The van der Waals surface area contributed by atoms with Gasteiger partial charge in [0.1, 0.15) is 11.3 Å². The Morgan fingerprint density at radius 1 is 1.35 bits per heavy atom. The Morgan fingerprint density at radius 2 is 2.06 bits per heavy atom. The number of fused-ring (bicyclic) bond motifs is 1. The summed E-state index contributed by atoms with van der Waals surface area (Å²) in [4.78, 5) is 22.2. The second-order valence-corrected chi connectivity index (χ2v) is 4.29. The van der Waals surface area contributed by atoms with Crippen molar-refractivity contribution in [3.63, 3.8) is 0 Å². The SMILES string of the molecule is CC1(C)OC(=O)c2ccc(CC(=O)O)cc2O1. The van der Waals surface area contributed by atoms with Gasteiger partial charge in [0.05, 0.1) is 6.42 Å². The number of carboxylic acid groups (broad SMARTS) is 1. The molecule has 1 aliphatic heterocycles. The molecule has 0 aromatic heterocycles. The van der Waals surface area contributed by atoms with Gasteiger partial charge in [-0.25, -0.2) is 4.79 Å². The lowest BCUT2D eigenvalue weighted by Crippen LogP contribution is -2.38. The minimum Gasteiger partial charge on any atom is -0.481 e. The largest absolute Gasteiger partial charge is 0.481 e. The number of rotatable bonds is 2. The zero-order valence-corrected chi connectivity index (χ0v) is 9.52. The second-order valence-electron chi connectivity index (χ2n) is 4.29. The third-order valence-corrected chi connectivity index (χ3v) is 2.32. The molecular weight excluding hydrogens is 224 g/mol. The Kier molecular flexibility index (Phi) is 2.53. The molecule has 0 spiro atoms. The van der Waals surface area contributed by atoms with E-state index in [1.807, 2.05) is 0 Å². The number of cyclic esters (lactones) is 1. The first-order valence-corrected chi connectivity index (χ1v) is 5.14. The molecule has 0 radical (unpaired) electrons. The Balaban J connectivity index is 2.38. The van der Waals surface area contributed by atoms with E-state index in [2.05, 4.69) is 0 Å². The number of carbonyl (C=O) groups is 2. The highest BCUT2D eigenvalue weighted by Gasteiger charge is 2.33. The summed E-state index contributed by atoms with van der Waals surface area (Å²) < 4.78 is 10.5. The molecule has 1 heterocycles. The van der Waals surface area contributed by atoms with Crippen molar-refractivity contribution in [3.8, 4) is 5.75 Å². The fraction of sp³-hybridized carbons (Fsp3) is 0.333. The van der Waals surface area contributed by atoms with Crippen LogP contribution in [0.4, 0.5) is 0 Å². The molecule has 1 aromatic carbocycles. The first-order chi connectivity index (χ1) is 7.87. The number of aliphatic carboxylic acids is 1. The Morgan fingerprint density at radius 3 is 2.71 bits per heavy atom. The van der Waals surface area contributed by atoms with E-state index in [1.165, 1.54) is 6.07 Å². The smallest absolute Gasteiger partial charge is 0.345 e. The van der Waals surface area contributed by atoms with Crippen molar-refractivity contribution in [3.05, 3.63) is 29.3 Å². The zero-order valence-electron chi connectivity index (χ0n) is 9.52. The monoisotopic (exact) mass is 236 g/mol. The highest BCUT2D eigenvalue weighted by molar-refractivity contribution is 5.93. The van der Waals surface area contributed by atoms with Gasteiger partial charge in [0, 0.05) is 13.8 Å². The van der Waals surface area contributed by atoms with E-state index >= 15 is 0 Å². The molecule has 5 heteroatoms. The quantitative estimate of drug-likeness (QED) is 0.789. The van der Waals surface area contributed by atoms with Crippen LogP contribution in [0.5, 0.6) is 5.75 Å². The molecule has 1 aromatic rings. The molecule has 0 saturated carbocycles. The van der Waals surface area contributed by atoms with Gasteiger partial charge in [0.15, 0.2) is 0 Å². The number of benzene rings is 1. The number of carboxylic acids is 1. The van der Waals surface area contributed by atoms with Crippen LogP contribution < -0.4 is 4.74 Å². The predicted molar refractivity (Wildman–Crippen MR) is 57.9 cm³/mol. The van der Waals surface area contributed by atoms with Crippen LogP contribution >= 0.6 is 0 Å². The summed E-state index contributed by atoms with van der Waals surface area (Å²) in [6.45, 7) is 3.25. The predicted octanol–water partition coefficient (Wildman–Crippen LogP) is 1.60. The van der Waals surface area contributed by atoms with Gasteiger partial charge in [-0.1, -0.05) is 6.07 Å². The molecule has 0 aliphatic carbocycles. The summed E-state index contributed by atoms with van der Waals surface area (Å²) in [5.41, 5.74) is 0.903. The van der Waals surface area contributed by atoms with Crippen LogP contribution in [0.1, 0.15) is 29.8 Å². The van der Waals surface area contributed by atoms with Gasteiger partial charge >= 0.3 is 11.9 Å². The molecule has 1 aliphatic rings. The first-order valence-electron chi connectivity index (χ1n) is 5.14. The van der Waals surface area contributed by atoms with E-state index < -0.39 is 17.7 Å². The molecule has 1 N–H and O–H groups in total. The molecule has 2 rings (SSSR count). The molecule has 5 nitrogen and oxygen atoms in total. The maximum Gasteiger partial charge on any atom is 0.345 e. The average molecular weight is 236 g/mol. The molecule has 0 bridgehead atoms. The van der Waals surface area contributed by atoms with Gasteiger partial charge in [-0.05, 0) is 17.7 Å². The standard InChI is InChI=1S/C12H12O5/c1-12(2)16-9-5-7(6-10(13)14)3-4-8(9)11(15)17-12/h3-5H,6H2,1-2H3,(H,13,14). The Hall–Kier alpha value is -2.04. The minimum atomic E-state index is -1.02. The lowest BCUT2D eigenvalue weighted by molar-refractivity contribution is -0.136. The molecule has 0 atom stereocenters. The van der Waals surface area contributed by atoms with Crippen molar-refractivity contribution < 1.29 is 24.2 Å². The minimum absolute atomic E-state index is 0.105. The number of carbonyl (C=O) groups excluding carboxylic acids is 1. The van der Waals surface area contributed by atoms with Crippen molar-refractivity contribution in [1.82, 2.24) is 0 Å². The van der Waals surface area contributed by atoms with Crippen LogP contribution in [-0.4, -0.2) is 22.8 Å². The number of ether oxygens (including phenoxy) is 2. The van der Waals surface area contributed by atoms with Crippen molar-refractivity contribution in [1.29, 1.82) is 0 Å². The first kappa shape index (κ1) is 11.4. The van der Waals surface area contributed by atoms with E-state index in [-0.39, 0.29) is 6.42 Å². The summed E-state index contributed by atoms with van der Waals surface area (Å²) >= 11 is 0. The zero-order chi connectivity index (χ0) is 12.6. The second kappa shape index (κ2) is 3.76. The van der Waals surface area contributed by atoms with Crippen LogP contribution in [-0.2, 0) is 16.0 Å². The Bertz CT molecular complexity index is 490. The molecule has 0 amide bonds. The van der Waals surface area contributed by atoms with E-state index in [4.69, 9.17) is 14.6 Å². The maximum atomic E-state index is 11.6. The normalized spacial score (nSPS) is 16.7. The van der Waals surface area contributed by atoms with Gasteiger partial charge in [0.2, 0.25) is 5.79 Å². The van der Waals surface area contributed by atoms with Crippen molar-refractivity contribution >= 4 is 11.9 Å². The lowest BCUT2D eigenvalue weighted by atomic mass is 10.1. The Labute approximate surface area is 98.0 Å². The van der Waals surface area contributed by atoms with E-state index in [0.29, 0.717) is 16.9 Å². The highest BCUT2D eigenvalue weighted by Crippen LogP contribution is 2.31.